The number of amides is 2. The molecular formula is C22H21F4N7O. The molecule has 1 saturated carbocycles. The molecule has 1 aromatic carbocycles. The van der Waals surface area contributed by atoms with E-state index < -0.39 is 29.1 Å². The summed E-state index contributed by atoms with van der Waals surface area (Å²) in [7, 11) is 0. The van der Waals surface area contributed by atoms with Gasteiger partial charge in [-0.05, 0) is 43.4 Å². The van der Waals surface area contributed by atoms with Gasteiger partial charge in [0, 0.05) is 23.5 Å². The summed E-state index contributed by atoms with van der Waals surface area (Å²) in [6.45, 7) is 2.63. The number of halogens is 4. The zero-order valence-electron chi connectivity index (χ0n) is 18.1. The van der Waals surface area contributed by atoms with Crippen LogP contribution < -0.4 is 5.32 Å². The number of benzene rings is 1. The summed E-state index contributed by atoms with van der Waals surface area (Å²) in [5.41, 5.74) is -1.60. The van der Waals surface area contributed by atoms with Crippen molar-refractivity contribution in [2.45, 2.75) is 50.5 Å². The Morgan fingerprint density at radius 1 is 1.24 bits per heavy atom. The maximum atomic E-state index is 13.6. The summed E-state index contributed by atoms with van der Waals surface area (Å²) in [5, 5.41) is 10.6. The number of nitrogens with zero attached hydrogens (tertiary/aromatic N) is 6. The van der Waals surface area contributed by atoms with Gasteiger partial charge in [0.25, 0.3) is 0 Å². The number of nitrogens with one attached hydrogen (secondary N) is 1. The van der Waals surface area contributed by atoms with Crippen LogP contribution in [0.3, 0.4) is 0 Å². The molecule has 8 nitrogen and oxygen atoms in total. The largest absolute Gasteiger partial charge is 0.417 e. The first-order chi connectivity index (χ1) is 16.1. The molecular weight excluding hydrogens is 454 g/mol. The van der Waals surface area contributed by atoms with E-state index in [0.717, 1.165) is 43.8 Å². The standard InChI is InChI=1S/C22H21F4N7O/c1-13-6-16-9-21(8-13,12-32-5-4-29-31-32)33(16)20(34)30-15-2-3-18(22(24,25)26)17(7-15)19-27-10-14(23)11-28-19/h2-5,7,10-11,13,16H,6,8-9,12H2,1H3,(H,30,34)/t13-,16-,21+/m1/s1. The molecule has 2 amide bonds. The first kappa shape index (κ1) is 22.2. The van der Waals surface area contributed by atoms with E-state index in [1.165, 1.54) is 6.07 Å². The van der Waals surface area contributed by atoms with Crippen molar-refractivity contribution in [1.82, 2.24) is 29.9 Å². The van der Waals surface area contributed by atoms with Crippen LogP contribution in [0.15, 0.2) is 43.0 Å². The van der Waals surface area contributed by atoms with Crippen LogP contribution in [0.4, 0.5) is 28.0 Å². The van der Waals surface area contributed by atoms with Crippen LogP contribution in [0.2, 0.25) is 0 Å². The zero-order valence-corrected chi connectivity index (χ0v) is 18.1. The average molecular weight is 475 g/mol. The van der Waals surface area contributed by atoms with Gasteiger partial charge in [0.05, 0.1) is 36.2 Å². The first-order valence-electron chi connectivity index (χ1n) is 10.8. The molecule has 2 saturated heterocycles. The monoisotopic (exact) mass is 475 g/mol. The quantitative estimate of drug-likeness (QED) is 0.567. The first-order valence-corrected chi connectivity index (χ1v) is 10.8. The smallest absolute Gasteiger partial charge is 0.314 e. The summed E-state index contributed by atoms with van der Waals surface area (Å²) in [4.78, 5) is 22.4. The van der Waals surface area contributed by atoms with E-state index in [1.54, 1.807) is 22.0 Å². The molecule has 3 aliphatic rings. The molecule has 3 fully saturated rings. The molecule has 34 heavy (non-hydrogen) atoms. The molecule has 2 aromatic heterocycles. The van der Waals surface area contributed by atoms with Crippen molar-refractivity contribution < 1.29 is 22.4 Å². The van der Waals surface area contributed by atoms with Crippen molar-refractivity contribution in [1.29, 1.82) is 0 Å². The Balaban J connectivity index is 1.43. The highest BCUT2D eigenvalue weighted by atomic mass is 19.4. The van der Waals surface area contributed by atoms with Gasteiger partial charge in [-0.25, -0.2) is 19.2 Å². The van der Waals surface area contributed by atoms with Crippen LogP contribution in [0.25, 0.3) is 11.4 Å². The molecule has 1 aliphatic carbocycles. The Labute approximate surface area is 192 Å². The van der Waals surface area contributed by atoms with Crippen molar-refractivity contribution in [3.63, 3.8) is 0 Å². The molecule has 3 atom stereocenters. The third-order valence-corrected chi connectivity index (χ3v) is 6.48. The molecule has 0 unspecified atom stereocenters. The number of anilines is 1. The van der Waals surface area contributed by atoms with E-state index in [0.29, 0.717) is 12.5 Å². The van der Waals surface area contributed by atoms with Gasteiger partial charge in [0.2, 0.25) is 0 Å². The maximum absolute atomic E-state index is 13.6. The van der Waals surface area contributed by atoms with Gasteiger partial charge in [-0.15, -0.1) is 5.10 Å². The Morgan fingerprint density at radius 2 is 2.00 bits per heavy atom. The second-order valence-corrected chi connectivity index (χ2v) is 9.01. The van der Waals surface area contributed by atoms with E-state index >= 15 is 0 Å². The fourth-order valence-corrected chi connectivity index (χ4v) is 5.36. The third kappa shape index (κ3) is 3.97. The normalized spacial score (nSPS) is 24.0. The second kappa shape index (κ2) is 8.03. The predicted molar refractivity (Wildman–Crippen MR) is 113 cm³/mol. The molecule has 6 rings (SSSR count). The van der Waals surface area contributed by atoms with Gasteiger partial charge in [-0.1, -0.05) is 12.1 Å². The van der Waals surface area contributed by atoms with Crippen molar-refractivity contribution >= 4 is 11.7 Å². The number of carbonyl (C=O) groups excluding carboxylic acids is 1. The molecule has 178 valence electrons. The molecule has 1 N–H and O–H groups in total. The van der Waals surface area contributed by atoms with Crippen molar-refractivity contribution in [2.24, 2.45) is 5.92 Å². The predicted octanol–water partition coefficient (Wildman–Crippen LogP) is 4.37. The minimum atomic E-state index is -4.68. The van der Waals surface area contributed by atoms with Crippen LogP contribution in [-0.4, -0.2) is 47.5 Å². The van der Waals surface area contributed by atoms with E-state index in [1.807, 2.05) is 0 Å². The van der Waals surface area contributed by atoms with Gasteiger partial charge in [0.15, 0.2) is 11.6 Å². The maximum Gasteiger partial charge on any atom is 0.417 e. The van der Waals surface area contributed by atoms with Crippen LogP contribution in [0, 0.1) is 11.7 Å². The number of fused-ring (bicyclic) bond motifs is 2. The molecule has 3 aromatic rings. The highest BCUT2D eigenvalue weighted by Gasteiger charge is 2.58. The van der Waals surface area contributed by atoms with E-state index in [9.17, 15) is 22.4 Å². The van der Waals surface area contributed by atoms with Gasteiger partial charge in [0.1, 0.15) is 0 Å². The zero-order chi connectivity index (χ0) is 24.1. The lowest BCUT2D eigenvalue weighted by Gasteiger charge is -2.63. The number of rotatable bonds is 4. The lowest BCUT2D eigenvalue weighted by Crippen LogP contribution is -2.73. The average Bonchev–Trinajstić information content (AvgIpc) is 3.25. The number of urea groups is 1. The third-order valence-electron chi connectivity index (χ3n) is 6.48. The molecule has 2 aliphatic heterocycles. The number of hydrogen-bond donors (Lipinski definition) is 1. The summed E-state index contributed by atoms with van der Waals surface area (Å²) >= 11 is 0. The molecule has 0 spiro atoms. The fraction of sp³-hybridized carbons (Fsp3) is 0.409. The molecule has 2 bridgehead atoms. The molecule has 4 heterocycles. The minimum absolute atomic E-state index is 0.0432. The highest BCUT2D eigenvalue weighted by Crippen LogP contribution is 2.50. The molecule has 0 radical (unpaired) electrons. The van der Waals surface area contributed by atoms with E-state index in [2.05, 4.69) is 32.5 Å². The summed E-state index contributed by atoms with van der Waals surface area (Å²) < 4.78 is 55.7. The van der Waals surface area contributed by atoms with Crippen LogP contribution in [-0.2, 0) is 12.7 Å². The van der Waals surface area contributed by atoms with E-state index in [-0.39, 0.29) is 23.1 Å². The lowest BCUT2D eigenvalue weighted by molar-refractivity contribution is -0.137. The Bertz CT molecular complexity index is 1200. The van der Waals surface area contributed by atoms with Crippen LogP contribution in [0.5, 0.6) is 0 Å². The van der Waals surface area contributed by atoms with E-state index in [4.69, 9.17) is 0 Å². The van der Waals surface area contributed by atoms with Gasteiger partial charge < -0.3 is 10.2 Å². The SMILES string of the molecule is C[C@@H]1C[C@@H]2C[C@](Cn3ccnn3)(C1)N2C(=O)Nc1ccc(C(F)(F)F)c(-c2ncc(F)cn2)c1. The Kier molecular flexibility index (Phi) is 5.25. The lowest BCUT2D eigenvalue weighted by atomic mass is 9.64. The fourth-order valence-electron chi connectivity index (χ4n) is 5.36. The number of carbonyl (C=O) groups is 1. The topological polar surface area (TPSA) is 88.8 Å². The summed E-state index contributed by atoms with van der Waals surface area (Å²) in [5.74, 6) is -0.625. The van der Waals surface area contributed by atoms with Crippen LogP contribution >= 0.6 is 0 Å². The Morgan fingerprint density at radius 3 is 2.68 bits per heavy atom. The van der Waals surface area contributed by atoms with Gasteiger partial charge in [-0.3, -0.25) is 4.68 Å². The number of alkyl halides is 3. The highest BCUT2D eigenvalue weighted by molar-refractivity contribution is 5.92. The second-order valence-electron chi connectivity index (χ2n) is 9.01. The van der Waals surface area contributed by atoms with Crippen LogP contribution in [0.1, 0.15) is 31.7 Å². The summed E-state index contributed by atoms with van der Waals surface area (Å²) in [6.07, 6.45) is 2.70. The van der Waals surface area contributed by atoms with Gasteiger partial charge >= 0.3 is 12.2 Å². The van der Waals surface area contributed by atoms with Gasteiger partial charge in [-0.2, -0.15) is 13.2 Å². The van der Waals surface area contributed by atoms with Crippen molar-refractivity contribution in [3.05, 3.63) is 54.4 Å². The summed E-state index contributed by atoms with van der Waals surface area (Å²) in [6, 6.07) is 2.87. The number of piperidine rings is 1. The van der Waals surface area contributed by atoms with Crippen molar-refractivity contribution in [2.75, 3.05) is 5.32 Å². The molecule has 12 heteroatoms. The Hall–Kier alpha value is -3.57. The van der Waals surface area contributed by atoms with Crippen molar-refractivity contribution in [3.8, 4) is 11.4 Å². The minimum Gasteiger partial charge on any atom is -0.314 e. The number of aromatic nitrogens is 5. The number of hydrogen-bond acceptors (Lipinski definition) is 5.